The molecule has 0 saturated carbocycles. The Morgan fingerprint density at radius 2 is 0.591 bits per heavy atom. The Kier molecular flexibility index (Phi) is 11.2. The van der Waals surface area contributed by atoms with E-state index in [9.17, 15) is 0 Å². The summed E-state index contributed by atoms with van der Waals surface area (Å²) >= 11 is 0. The molecule has 0 aliphatic rings. The van der Waals surface area contributed by atoms with E-state index in [1.165, 1.54) is 0 Å². The third-order valence-electron chi connectivity index (χ3n) is 2.14. The van der Waals surface area contributed by atoms with Crippen LogP contribution in [0.4, 0.5) is 0 Å². The van der Waals surface area contributed by atoms with Gasteiger partial charge < -0.3 is 28.4 Å². The zero-order valence-electron chi connectivity index (χ0n) is 15.5. The molecular weight excluding hydrogens is 288 g/mol. The van der Waals surface area contributed by atoms with Gasteiger partial charge in [0.1, 0.15) is 0 Å². The molecule has 0 aromatic carbocycles. The van der Waals surface area contributed by atoms with Crippen molar-refractivity contribution in [3.63, 3.8) is 0 Å². The summed E-state index contributed by atoms with van der Waals surface area (Å²) in [4.78, 5) is 0. The Morgan fingerprint density at radius 1 is 0.364 bits per heavy atom. The van der Waals surface area contributed by atoms with Gasteiger partial charge >= 0.3 is 0 Å². The van der Waals surface area contributed by atoms with Crippen LogP contribution in [0.25, 0.3) is 0 Å². The van der Waals surface area contributed by atoms with E-state index in [2.05, 4.69) is 0 Å². The fraction of sp³-hybridized carbons (Fsp3) is 1.00. The Balaban J connectivity index is 4.50. The van der Waals surface area contributed by atoms with Crippen LogP contribution >= 0.6 is 0 Å². The molecule has 0 aromatic rings. The standard InChI is InChI=1S/C16H34O6/c1-10(2)17-15(18-11(3)4)21-14(9)22-16(19-12(5)6)20-13(7)8/h10-16H,1-9H3. The largest absolute Gasteiger partial charge is 0.327 e. The maximum atomic E-state index is 5.64. The van der Waals surface area contributed by atoms with Crippen LogP contribution in [-0.2, 0) is 28.4 Å². The van der Waals surface area contributed by atoms with E-state index in [4.69, 9.17) is 28.4 Å². The van der Waals surface area contributed by atoms with Crippen molar-refractivity contribution in [2.24, 2.45) is 0 Å². The Bertz CT molecular complexity index is 221. The quantitative estimate of drug-likeness (QED) is 0.511. The molecule has 0 radical (unpaired) electrons. The summed E-state index contributed by atoms with van der Waals surface area (Å²) < 4.78 is 33.6. The first-order chi connectivity index (χ1) is 10.1. The summed E-state index contributed by atoms with van der Waals surface area (Å²) in [5.41, 5.74) is 0. The Hall–Kier alpha value is -0.240. The number of rotatable bonds is 12. The maximum absolute atomic E-state index is 5.64. The molecular formula is C16H34O6. The lowest BCUT2D eigenvalue weighted by Crippen LogP contribution is -2.36. The van der Waals surface area contributed by atoms with Gasteiger partial charge in [-0.05, 0) is 62.3 Å². The molecule has 0 amide bonds. The van der Waals surface area contributed by atoms with E-state index in [0.717, 1.165) is 0 Å². The topological polar surface area (TPSA) is 55.4 Å². The smallest absolute Gasteiger partial charge is 0.274 e. The van der Waals surface area contributed by atoms with Crippen LogP contribution in [0.1, 0.15) is 62.3 Å². The highest BCUT2D eigenvalue weighted by molar-refractivity contribution is 4.45. The number of ether oxygens (including phenoxy) is 6. The number of hydrogen-bond donors (Lipinski definition) is 0. The molecule has 0 aliphatic carbocycles. The fourth-order valence-corrected chi connectivity index (χ4v) is 1.43. The van der Waals surface area contributed by atoms with Crippen LogP contribution in [0.15, 0.2) is 0 Å². The third kappa shape index (κ3) is 12.3. The van der Waals surface area contributed by atoms with Crippen LogP contribution in [0.2, 0.25) is 0 Å². The lowest BCUT2D eigenvalue weighted by molar-refractivity contribution is -0.404. The van der Waals surface area contributed by atoms with Gasteiger partial charge in [-0.2, -0.15) is 0 Å². The van der Waals surface area contributed by atoms with Gasteiger partial charge in [-0.1, -0.05) is 0 Å². The highest BCUT2D eigenvalue weighted by atomic mass is 16.9. The molecule has 6 heteroatoms. The van der Waals surface area contributed by atoms with Crippen molar-refractivity contribution in [1.82, 2.24) is 0 Å². The van der Waals surface area contributed by atoms with Gasteiger partial charge in [-0.15, -0.1) is 0 Å². The fourth-order valence-electron chi connectivity index (χ4n) is 1.43. The highest BCUT2D eigenvalue weighted by Gasteiger charge is 2.23. The molecule has 0 aromatic heterocycles. The van der Waals surface area contributed by atoms with Gasteiger partial charge in [0.05, 0.1) is 24.4 Å². The summed E-state index contributed by atoms with van der Waals surface area (Å²) in [5.74, 6) is 0. The van der Waals surface area contributed by atoms with Gasteiger partial charge in [0, 0.05) is 0 Å². The minimum atomic E-state index is -0.797. The normalized spacial score (nSPS) is 13.1. The van der Waals surface area contributed by atoms with Gasteiger partial charge in [0.15, 0.2) is 6.29 Å². The molecule has 134 valence electrons. The summed E-state index contributed by atoms with van der Waals surface area (Å²) in [6, 6.07) is 0. The number of hydrogen-bond acceptors (Lipinski definition) is 6. The van der Waals surface area contributed by atoms with Crippen molar-refractivity contribution in [3.05, 3.63) is 0 Å². The van der Waals surface area contributed by atoms with Crippen molar-refractivity contribution in [1.29, 1.82) is 0 Å². The van der Waals surface area contributed by atoms with Gasteiger partial charge in [0.25, 0.3) is 13.0 Å². The van der Waals surface area contributed by atoms with E-state index in [1.807, 2.05) is 55.4 Å². The molecule has 6 nitrogen and oxygen atoms in total. The zero-order chi connectivity index (χ0) is 17.3. The molecule has 0 atom stereocenters. The summed E-state index contributed by atoms with van der Waals surface area (Å²) in [6.07, 6.45) is -0.697. The molecule has 0 rings (SSSR count). The predicted molar refractivity (Wildman–Crippen MR) is 84.1 cm³/mol. The predicted octanol–water partition coefficient (Wildman–Crippen LogP) is 3.63. The summed E-state index contributed by atoms with van der Waals surface area (Å²) in [7, 11) is 0. The average molecular weight is 322 g/mol. The molecule has 0 saturated heterocycles. The maximum Gasteiger partial charge on any atom is 0.274 e. The lowest BCUT2D eigenvalue weighted by Gasteiger charge is -2.29. The van der Waals surface area contributed by atoms with Crippen molar-refractivity contribution in [3.8, 4) is 0 Å². The van der Waals surface area contributed by atoms with Crippen LogP contribution < -0.4 is 0 Å². The van der Waals surface area contributed by atoms with Crippen LogP contribution in [0.3, 0.4) is 0 Å². The van der Waals surface area contributed by atoms with E-state index in [-0.39, 0.29) is 24.4 Å². The first-order valence-corrected chi connectivity index (χ1v) is 8.02. The molecule has 0 N–H and O–H groups in total. The van der Waals surface area contributed by atoms with Crippen LogP contribution in [-0.4, -0.2) is 43.7 Å². The van der Waals surface area contributed by atoms with E-state index in [1.54, 1.807) is 6.92 Å². The van der Waals surface area contributed by atoms with E-state index >= 15 is 0 Å². The Morgan fingerprint density at radius 3 is 0.773 bits per heavy atom. The molecule has 0 heterocycles. The second-order valence-electron chi connectivity index (χ2n) is 6.16. The molecule has 0 unspecified atom stereocenters. The van der Waals surface area contributed by atoms with Gasteiger partial charge in [-0.3, -0.25) is 0 Å². The van der Waals surface area contributed by atoms with Crippen molar-refractivity contribution >= 4 is 0 Å². The molecule has 0 aliphatic heterocycles. The van der Waals surface area contributed by atoms with E-state index in [0.29, 0.717) is 0 Å². The van der Waals surface area contributed by atoms with Crippen LogP contribution in [0.5, 0.6) is 0 Å². The third-order valence-corrected chi connectivity index (χ3v) is 2.14. The SMILES string of the molecule is CC(C)OC(OC(C)C)OC(C)OC(OC(C)C)OC(C)C. The van der Waals surface area contributed by atoms with Gasteiger partial charge in [-0.25, -0.2) is 0 Å². The molecule has 22 heavy (non-hydrogen) atoms. The van der Waals surface area contributed by atoms with Crippen molar-refractivity contribution in [2.75, 3.05) is 0 Å². The minimum Gasteiger partial charge on any atom is -0.327 e. The van der Waals surface area contributed by atoms with E-state index < -0.39 is 19.2 Å². The van der Waals surface area contributed by atoms with Gasteiger partial charge in [0.2, 0.25) is 0 Å². The first-order valence-electron chi connectivity index (χ1n) is 8.02. The zero-order valence-corrected chi connectivity index (χ0v) is 15.5. The summed E-state index contributed by atoms with van der Waals surface area (Å²) in [6.45, 7) is 15.5. The second-order valence-corrected chi connectivity index (χ2v) is 6.16. The van der Waals surface area contributed by atoms with Crippen molar-refractivity contribution in [2.45, 2.75) is 106 Å². The van der Waals surface area contributed by atoms with Crippen molar-refractivity contribution < 1.29 is 28.4 Å². The minimum absolute atomic E-state index is 0.0226. The lowest BCUT2D eigenvalue weighted by atomic mass is 10.5. The first kappa shape index (κ1) is 21.8. The summed E-state index contributed by atoms with van der Waals surface area (Å²) in [5, 5.41) is 0. The van der Waals surface area contributed by atoms with Crippen LogP contribution in [0, 0.1) is 0 Å². The monoisotopic (exact) mass is 322 g/mol. The molecule has 0 fully saturated rings. The highest BCUT2D eigenvalue weighted by Crippen LogP contribution is 2.13. The molecule has 0 spiro atoms. The second kappa shape index (κ2) is 11.3. The average Bonchev–Trinajstić information content (AvgIpc) is 2.23. The molecule has 0 bridgehead atoms. The Labute approximate surface area is 135 Å².